The van der Waals surface area contributed by atoms with Crippen LogP contribution in [0.15, 0.2) is 13.2 Å². The molecule has 0 amide bonds. The predicted molar refractivity (Wildman–Crippen MR) is 45.1 cm³/mol. The summed E-state index contributed by atoms with van der Waals surface area (Å²) in [6, 6.07) is 0. The smallest absolute Gasteiger partial charge is 0.310 e. The van der Waals surface area contributed by atoms with Gasteiger partial charge in [-0.1, -0.05) is 0 Å². The second-order valence-electron chi connectivity index (χ2n) is 1.37. The van der Waals surface area contributed by atoms with Crippen LogP contribution in [0.3, 0.4) is 0 Å². The molecule has 72 valence electrons. The minimum Gasteiger partial charge on any atom is -0.394 e. The molecule has 5 nitrogen and oxygen atoms in total. The van der Waals surface area contributed by atoms with Crippen molar-refractivity contribution in [3.8, 4) is 0 Å². The Balaban J connectivity index is -0.000000140. The second kappa shape index (κ2) is 16.6. The summed E-state index contributed by atoms with van der Waals surface area (Å²) >= 11 is 0. The fourth-order valence-electron chi connectivity index (χ4n) is 0.202. The molecule has 0 aliphatic heterocycles. The maximum absolute atomic E-state index is 9.81. The van der Waals surface area contributed by atoms with Crippen molar-refractivity contribution in [1.29, 1.82) is 0 Å². The van der Waals surface area contributed by atoms with Crippen molar-refractivity contribution in [1.82, 2.24) is 0 Å². The first-order valence-corrected chi connectivity index (χ1v) is 2.93. The third-order valence-corrected chi connectivity index (χ3v) is 0.287. The SMILES string of the molecule is C=C=O.C=C=O.CC(=O)OC(C)=O. The third-order valence-electron chi connectivity index (χ3n) is 0.287. The fraction of sp³-hybridized carbons (Fsp3) is 0.250. The molecule has 0 N–H and O–H groups in total. The van der Waals surface area contributed by atoms with Gasteiger partial charge >= 0.3 is 11.9 Å². The summed E-state index contributed by atoms with van der Waals surface area (Å²) < 4.78 is 3.97. The molecule has 0 unspecified atom stereocenters. The molecule has 0 aromatic heterocycles. The summed E-state index contributed by atoms with van der Waals surface area (Å²) in [5.74, 6) is 1.38. The first-order valence-electron chi connectivity index (χ1n) is 2.93. The van der Waals surface area contributed by atoms with Crippen molar-refractivity contribution < 1.29 is 23.9 Å². The van der Waals surface area contributed by atoms with Gasteiger partial charge in [0.2, 0.25) is 0 Å². The monoisotopic (exact) mass is 186 g/mol. The van der Waals surface area contributed by atoms with Gasteiger partial charge in [-0.3, -0.25) is 9.59 Å². The zero-order chi connectivity index (χ0) is 11.3. The van der Waals surface area contributed by atoms with Crippen LogP contribution in [-0.2, 0) is 23.9 Å². The lowest BCUT2D eigenvalue weighted by atomic mass is 10.7. The molecule has 0 spiro atoms. The highest BCUT2D eigenvalue weighted by Gasteiger charge is 1.93. The van der Waals surface area contributed by atoms with Gasteiger partial charge in [-0.2, -0.15) is 0 Å². The number of hydrogen-bond donors (Lipinski definition) is 0. The van der Waals surface area contributed by atoms with E-state index in [2.05, 4.69) is 17.9 Å². The molecule has 0 atom stereocenters. The first kappa shape index (κ1) is 17.2. The fourth-order valence-corrected chi connectivity index (χ4v) is 0.202. The predicted octanol–water partition coefficient (Wildman–Crippen LogP) is 0.104. The molecule has 13 heavy (non-hydrogen) atoms. The van der Waals surface area contributed by atoms with Crippen molar-refractivity contribution in [2.24, 2.45) is 0 Å². The van der Waals surface area contributed by atoms with Crippen molar-refractivity contribution in [2.45, 2.75) is 13.8 Å². The van der Waals surface area contributed by atoms with E-state index in [-0.39, 0.29) is 0 Å². The summed E-state index contributed by atoms with van der Waals surface area (Å²) in [5.41, 5.74) is 0. The normalized spacial score (nSPS) is 5.38. The van der Waals surface area contributed by atoms with Crippen LogP contribution < -0.4 is 0 Å². The van der Waals surface area contributed by atoms with E-state index < -0.39 is 11.9 Å². The Morgan fingerprint density at radius 3 is 1.15 bits per heavy atom. The zero-order valence-electron chi connectivity index (χ0n) is 7.46. The van der Waals surface area contributed by atoms with Crippen LogP contribution in [0.2, 0.25) is 0 Å². The topological polar surface area (TPSA) is 77.5 Å². The van der Waals surface area contributed by atoms with E-state index in [0.29, 0.717) is 0 Å². The van der Waals surface area contributed by atoms with Crippen LogP contribution in [0, 0.1) is 0 Å². The molecular weight excluding hydrogens is 176 g/mol. The Morgan fingerprint density at radius 1 is 1.00 bits per heavy atom. The van der Waals surface area contributed by atoms with Gasteiger partial charge in [-0.25, -0.2) is 9.59 Å². The highest BCUT2D eigenvalue weighted by Crippen LogP contribution is 1.73. The van der Waals surface area contributed by atoms with Crippen molar-refractivity contribution >= 4 is 23.8 Å². The van der Waals surface area contributed by atoms with Crippen LogP contribution >= 0.6 is 0 Å². The lowest BCUT2D eigenvalue weighted by molar-refractivity contribution is -0.156. The summed E-state index contributed by atoms with van der Waals surface area (Å²) in [6.45, 7) is 7.72. The maximum Gasteiger partial charge on any atom is 0.310 e. The molecule has 5 heteroatoms. The highest BCUT2D eigenvalue weighted by atomic mass is 16.6. The Kier molecular flexibility index (Phi) is 21.9. The van der Waals surface area contributed by atoms with Gasteiger partial charge in [0.15, 0.2) is 0 Å². The number of rotatable bonds is 0. The van der Waals surface area contributed by atoms with Crippen LogP contribution in [-0.4, -0.2) is 23.8 Å². The molecule has 0 heterocycles. The molecular formula is C8H10O5. The number of hydrogen-bond acceptors (Lipinski definition) is 5. The summed E-state index contributed by atoms with van der Waals surface area (Å²) in [6.07, 6.45) is 0. The minimum atomic E-state index is -0.562. The molecule has 0 saturated carbocycles. The van der Waals surface area contributed by atoms with E-state index in [9.17, 15) is 9.59 Å². The largest absolute Gasteiger partial charge is 0.394 e. The Morgan fingerprint density at radius 2 is 1.15 bits per heavy atom. The zero-order valence-corrected chi connectivity index (χ0v) is 7.46. The van der Waals surface area contributed by atoms with Crippen molar-refractivity contribution in [2.75, 3.05) is 0 Å². The number of carbonyl (C=O) groups excluding carboxylic acids is 4. The van der Waals surface area contributed by atoms with Crippen LogP contribution in [0.5, 0.6) is 0 Å². The summed E-state index contributed by atoms with van der Waals surface area (Å²) in [4.78, 5) is 36.8. The Bertz CT molecular complexity index is 193. The molecule has 0 aliphatic rings. The molecule has 0 radical (unpaired) electrons. The van der Waals surface area contributed by atoms with E-state index >= 15 is 0 Å². The van der Waals surface area contributed by atoms with Gasteiger partial charge in [-0.05, 0) is 13.2 Å². The molecule has 0 aromatic rings. The average Bonchev–Trinajstić information content (AvgIpc) is 1.86. The van der Waals surface area contributed by atoms with Crippen LogP contribution in [0.1, 0.15) is 13.8 Å². The third kappa shape index (κ3) is 156. The molecule has 0 bridgehead atoms. The highest BCUT2D eigenvalue weighted by molar-refractivity contribution is 5.82. The van der Waals surface area contributed by atoms with Gasteiger partial charge in [0.05, 0.1) is 0 Å². The first-order chi connectivity index (χ1) is 5.95. The van der Waals surface area contributed by atoms with E-state index in [1.165, 1.54) is 25.7 Å². The van der Waals surface area contributed by atoms with Gasteiger partial charge in [-0.15, -0.1) is 0 Å². The molecule has 0 fully saturated rings. The quantitative estimate of drug-likeness (QED) is 0.304. The number of carbonyl (C=O) groups is 2. The van der Waals surface area contributed by atoms with Crippen LogP contribution in [0.4, 0.5) is 0 Å². The standard InChI is InChI=1S/C4H6O3.2C2H2O/c1-3(5)7-4(2)6;2*1-2-3/h1-2H3;2*1H2. The second-order valence-corrected chi connectivity index (χ2v) is 1.37. The lowest BCUT2D eigenvalue weighted by Crippen LogP contribution is -2.03. The van der Waals surface area contributed by atoms with E-state index in [4.69, 9.17) is 9.59 Å². The minimum absolute atomic E-state index is 0.562. The van der Waals surface area contributed by atoms with Gasteiger partial charge in [0.25, 0.3) is 0 Å². The number of ether oxygens (including phenoxy) is 1. The van der Waals surface area contributed by atoms with E-state index in [1.54, 1.807) is 0 Å². The molecule has 0 aromatic carbocycles. The lowest BCUT2D eigenvalue weighted by Gasteiger charge is -1.87. The van der Waals surface area contributed by atoms with Crippen LogP contribution in [0.25, 0.3) is 0 Å². The Labute approximate surface area is 75.7 Å². The Hall–Kier alpha value is -1.96. The molecule has 0 saturated heterocycles. The van der Waals surface area contributed by atoms with E-state index in [0.717, 1.165) is 0 Å². The van der Waals surface area contributed by atoms with Gasteiger partial charge in [0, 0.05) is 13.8 Å². The summed E-state index contributed by atoms with van der Waals surface area (Å²) in [5, 5.41) is 0. The molecule has 0 rings (SSSR count). The van der Waals surface area contributed by atoms with Crippen molar-refractivity contribution in [3.05, 3.63) is 13.2 Å². The number of esters is 2. The van der Waals surface area contributed by atoms with E-state index in [1.807, 2.05) is 0 Å². The average molecular weight is 186 g/mol. The van der Waals surface area contributed by atoms with Gasteiger partial charge in [0.1, 0.15) is 11.9 Å². The summed E-state index contributed by atoms with van der Waals surface area (Å²) in [7, 11) is 0. The van der Waals surface area contributed by atoms with Crippen molar-refractivity contribution in [3.63, 3.8) is 0 Å². The maximum atomic E-state index is 9.81. The molecule has 0 aliphatic carbocycles. The van der Waals surface area contributed by atoms with Gasteiger partial charge < -0.3 is 4.74 Å².